The molecule has 5 heteroatoms. The van der Waals surface area contributed by atoms with Crippen molar-refractivity contribution in [3.05, 3.63) is 34.9 Å². The van der Waals surface area contributed by atoms with Crippen molar-refractivity contribution in [1.29, 1.82) is 0 Å². The highest BCUT2D eigenvalue weighted by Gasteiger charge is 2.38. The van der Waals surface area contributed by atoms with Crippen molar-refractivity contribution >= 4 is 17.6 Å². The molecular formula is C13H15ClO4. The summed E-state index contributed by atoms with van der Waals surface area (Å²) >= 11 is 5.91. The first kappa shape index (κ1) is 13.3. The van der Waals surface area contributed by atoms with E-state index in [0.717, 1.165) is 5.56 Å². The highest BCUT2D eigenvalue weighted by molar-refractivity contribution is 6.30. The predicted octanol–water partition coefficient (Wildman–Crippen LogP) is 2.49. The third kappa shape index (κ3) is 3.45. The maximum atomic E-state index is 10.6. The Labute approximate surface area is 110 Å². The summed E-state index contributed by atoms with van der Waals surface area (Å²) in [6.45, 7) is 2.12. The summed E-state index contributed by atoms with van der Waals surface area (Å²) in [6, 6.07) is 7.46. The zero-order valence-electron chi connectivity index (χ0n) is 10.1. The van der Waals surface area contributed by atoms with Gasteiger partial charge in [0.25, 0.3) is 0 Å². The lowest BCUT2D eigenvalue weighted by Crippen LogP contribution is -2.30. The van der Waals surface area contributed by atoms with E-state index in [9.17, 15) is 4.79 Å². The van der Waals surface area contributed by atoms with Gasteiger partial charge in [0.05, 0.1) is 19.1 Å². The first-order chi connectivity index (χ1) is 8.47. The maximum Gasteiger partial charge on any atom is 0.306 e. The van der Waals surface area contributed by atoms with Gasteiger partial charge in [-0.25, -0.2) is 0 Å². The first-order valence-electron chi connectivity index (χ1n) is 5.75. The normalized spacial score (nSPS) is 27.3. The second-order valence-electron chi connectivity index (χ2n) is 4.59. The van der Waals surface area contributed by atoms with Gasteiger partial charge in [-0.15, -0.1) is 0 Å². The van der Waals surface area contributed by atoms with Crippen LogP contribution in [0.3, 0.4) is 0 Å². The molecule has 0 radical (unpaired) electrons. The molecule has 0 aliphatic carbocycles. The lowest BCUT2D eigenvalue weighted by molar-refractivity contribution is -0.158. The van der Waals surface area contributed by atoms with Crippen molar-refractivity contribution < 1.29 is 19.4 Å². The van der Waals surface area contributed by atoms with Crippen LogP contribution in [-0.2, 0) is 20.7 Å². The molecule has 0 spiro atoms. The number of ether oxygens (including phenoxy) is 2. The van der Waals surface area contributed by atoms with Crippen LogP contribution in [0.2, 0.25) is 5.02 Å². The number of rotatable bonds is 4. The largest absolute Gasteiger partial charge is 0.481 e. The van der Waals surface area contributed by atoms with Crippen LogP contribution in [0.15, 0.2) is 24.3 Å². The summed E-state index contributed by atoms with van der Waals surface area (Å²) in [5, 5.41) is 9.38. The fourth-order valence-corrected chi connectivity index (χ4v) is 2.31. The highest BCUT2D eigenvalue weighted by Crippen LogP contribution is 2.29. The van der Waals surface area contributed by atoms with E-state index in [2.05, 4.69) is 0 Å². The second-order valence-corrected chi connectivity index (χ2v) is 5.03. The fraction of sp³-hybridized carbons (Fsp3) is 0.462. The number of hydrogen-bond acceptors (Lipinski definition) is 3. The van der Waals surface area contributed by atoms with Crippen molar-refractivity contribution in [3.8, 4) is 0 Å². The minimum absolute atomic E-state index is 0.0366. The van der Waals surface area contributed by atoms with Gasteiger partial charge in [-0.1, -0.05) is 23.7 Å². The smallest absolute Gasteiger partial charge is 0.306 e. The van der Waals surface area contributed by atoms with E-state index in [0.29, 0.717) is 18.1 Å². The van der Waals surface area contributed by atoms with Crippen LogP contribution in [-0.4, -0.2) is 29.6 Å². The predicted molar refractivity (Wildman–Crippen MR) is 66.6 cm³/mol. The van der Waals surface area contributed by atoms with E-state index in [-0.39, 0.29) is 12.5 Å². The monoisotopic (exact) mass is 270 g/mol. The summed E-state index contributed by atoms with van der Waals surface area (Å²) in [7, 11) is 0. The number of carboxylic acids is 1. The summed E-state index contributed by atoms with van der Waals surface area (Å²) in [4.78, 5) is 10.6. The molecule has 1 aliphatic rings. The van der Waals surface area contributed by atoms with E-state index >= 15 is 0 Å². The zero-order chi connectivity index (χ0) is 13.2. The molecular weight excluding hydrogens is 256 g/mol. The quantitative estimate of drug-likeness (QED) is 0.913. The van der Waals surface area contributed by atoms with Crippen molar-refractivity contribution in [2.45, 2.75) is 31.7 Å². The standard InChI is InChI=1S/C13H15ClO4/c1-13(7-9-3-2-4-10(14)5-9)17-8-11(18-13)6-12(15)16/h2-5,11H,6-8H2,1H3,(H,15,16). The summed E-state index contributed by atoms with van der Waals surface area (Å²) < 4.78 is 11.2. The minimum Gasteiger partial charge on any atom is -0.481 e. The molecule has 0 saturated carbocycles. The van der Waals surface area contributed by atoms with Gasteiger partial charge >= 0.3 is 5.97 Å². The van der Waals surface area contributed by atoms with Crippen molar-refractivity contribution in [3.63, 3.8) is 0 Å². The van der Waals surface area contributed by atoms with Crippen molar-refractivity contribution in [1.82, 2.24) is 0 Å². The SMILES string of the molecule is CC1(Cc2cccc(Cl)c2)OCC(CC(=O)O)O1. The van der Waals surface area contributed by atoms with Crippen LogP contribution in [0.4, 0.5) is 0 Å². The Morgan fingerprint density at radius 1 is 1.61 bits per heavy atom. The molecule has 0 amide bonds. The van der Waals surface area contributed by atoms with E-state index in [1.807, 2.05) is 25.1 Å². The van der Waals surface area contributed by atoms with Crippen LogP contribution in [0.5, 0.6) is 0 Å². The molecule has 1 heterocycles. The van der Waals surface area contributed by atoms with Gasteiger partial charge in [0.2, 0.25) is 0 Å². The van der Waals surface area contributed by atoms with E-state index in [4.69, 9.17) is 26.2 Å². The van der Waals surface area contributed by atoms with Crippen LogP contribution < -0.4 is 0 Å². The Morgan fingerprint density at radius 3 is 3.06 bits per heavy atom. The van der Waals surface area contributed by atoms with Crippen LogP contribution in [0.1, 0.15) is 18.9 Å². The number of carbonyl (C=O) groups is 1. The average Bonchev–Trinajstić information content (AvgIpc) is 2.58. The minimum atomic E-state index is -0.879. The molecule has 0 bridgehead atoms. The molecule has 4 nitrogen and oxygen atoms in total. The van der Waals surface area contributed by atoms with Crippen LogP contribution >= 0.6 is 11.6 Å². The molecule has 1 aromatic rings. The van der Waals surface area contributed by atoms with Gasteiger partial charge in [0.1, 0.15) is 0 Å². The van der Waals surface area contributed by atoms with E-state index in [1.54, 1.807) is 6.07 Å². The van der Waals surface area contributed by atoms with E-state index < -0.39 is 11.8 Å². The molecule has 2 atom stereocenters. The summed E-state index contributed by atoms with van der Waals surface area (Å²) in [5.74, 6) is -1.65. The number of benzene rings is 1. The van der Waals surface area contributed by atoms with Gasteiger partial charge in [0.15, 0.2) is 5.79 Å². The molecule has 1 N–H and O–H groups in total. The third-order valence-corrected chi connectivity index (χ3v) is 3.04. The lowest BCUT2D eigenvalue weighted by Gasteiger charge is -2.23. The molecule has 1 fully saturated rings. The number of hydrogen-bond donors (Lipinski definition) is 1. The molecule has 0 aromatic heterocycles. The van der Waals surface area contributed by atoms with Crippen molar-refractivity contribution in [2.24, 2.45) is 0 Å². The van der Waals surface area contributed by atoms with Crippen LogP contribution in [0.25, 0.3) is 0 Å². The Bertz CT molecular complexity index is 448. The van der Waals surface area contributed by atoms with Crippen molar-refractivity contribution in [2.75, 3.05) is 6.61 Å². The Kier molecular flexibility index (Phi) is 3.90. The summed E-state index contributed by atoms with van der Waals surface area (Å²) in [6.07, 6.45) is 0.126. The zero-order valence-corrected chi connectivity index (χ0v) is 10.8. The molecule has 2 rings (SSSR count). The fourth-order valence-electron chi connectivity index (χ4n) is 2.10. The highest BCUT2D eigenvalue weighted by atomic mass is 35.5. The van der Waals surface area contributed by atoms with Crippen LogP contribution in [0, 0.1) is 0 Å². The average molecular weight is 271 g/mol. The van der Waals surface area contributed by atoms with E-state index in [1.165, 1.54) is 0 Å². The van der Waals surface area contributed by atoms with Gasteiger partial charge < -0.3 is 14.6 Å². The molecule has 1 saturated heterocycles. The van der Waals surface area contributed by atoms with Gasteiger partial charge in [-0.2, -0.15) is 0 Å². The molecule has 2 unspecified atom stereocenters. The maximum absolute atomic E-state index is 10.6. The first-order valence-corrected chi connectivity index (χ1v) is 6.13. The number of halogens is 1. The lowest BCUT2D eigenvalue weighted by atomic mass is 10.1. The van der Waals surface area contributed by atoms with Gasteiger partial charge in [-0.3, -0.25) is 4.79 Å². The van der Waals surface area contributed by atoms with Gasteiger partial charge in [-0.05, 0) is 24.6 Å². The Balaban J connectivity index is 1.99. The van der Waals surface area contributed by atoms with Gasteiger partial charge in [0, 0.05) is 11.4 Å². The number of carboxylic acid groups (broad SMARTS) is 1. The Morgan fingerprint density at radius 2 is 2.39 bits per heavy atom. The molecule has 1 aliphatic heterocycles. The Hall–Kier alpha value is -1.10. The third-order valence-electron chi connectivity index (χ3n) is 2.81. The topological polar surface area (TPSA) is 55.8 Å². The summed E-state index contributed by atoms with van der Waals surface area (Å²) in [5.41, 5.74) is 1.00. The number of aliphatic carboxylic acids is 1. The molecule has 18 heavy (non-hydrogen) atoms. The molecule has 98 valence electrons. The second kappa shape index (κ2) is 5.26. The molecule has 1 aromatic carbocycles.